The second-order valence-electron chi connectivity index (χ2n) is 4.43. The number of methoxy groups -OCH3 is 1. The van der Waals surface area contributed by atoms with Gasteiger partial charge in [-0.15, -0.1) is 0 Å². The lowest BCUT2D eigenvalue weighted by Gasteiger charge is -2.16. The minimum atomic E-state index is -0.258. The monoisotopic (exact) mass is 226 g/mol. The summed E-state index contributed by atoms with van der Waals surface area (Å²) in [5.74, 6) is -0.123. The maximum absolute atomic E-state index is 11.9. The lowest BCUT2D eigenvalue weighted by atomic mass is 10.2. The molecule has 16 heavy (non-hydrogen) atoms. The minimum absolute atomic E-state index is 0.0230. The molecule has 5 heteroatoms. The molecule has 2 rings (SSSR count). The quantitative estimate of drug-likeness (QED) is 0.665. The summed E-state index contributed by atoms with van der Waals surface area (Å²) in [4.78, 5) is 24.6. The van der Waals surface area contributed by atoms with E-state index in [1.807, 2.05) is 0 Å². The Bertz CT molecular complexity index is 289. The van der Waals surface area contributed by atoms with Crippen molar-refractivity contribution in [2.24, 2.45) is 0 Å². The molecule has 0 spiro atoms. The van der Waals surface area contributed by atoms with E-state index in [1.165, 1.54) is 20.0 Å². The minimum Gasteiger partial charge on any atom is -0.469 e. The number of carbonyl (C=O) groups excluding carboxylic acids is 2. The molecule has 1 unspecified atom stereocenters. The topological polar surface area (TPSA) is 58.6 Å². The maximum Gasteiger partial charge on any atom is 0.307 e. The first-order valence-electron chi connectivity index (χ1n) is 5.82. The van der Waals surface area contributed by atoms with E-state index in [2.05, 4.69) is 10.1 Å². The second-order valence-corrected chi connectivity index (χ2v) is 4.43. The van der Waals surface area contributed by atoms with Gasteiger partial charge < -0.3 is 15.0 Å². The van der Waals surface area contributed by atoms with Gasteiger partial charge >= 0.3 is 5.97 Å². The highest BCUT2D eigenvalue weighted by atomic mass is 16.5. The Morgan fingerprint density at radius 1 is 1.50 bits per heavy atom. The van der Waals surface area contributed by atoms with Crippen LogP contribution < -0.4 is 5.32 Å². The Morgan fingerprint density at radius 2 is 2.25 bits per heavy atom. The number of hydrogen-bond donors (Lipinski definition) is 1. The van der Waals surface area contributed by atoms with Crippen LogP contribution in [-0.2, 0) is 14.3 Å². The second kappa shape index (κ2) is 4.82. The van der Waals surface area contributed by atoms with Crippen molar-refractivity contribution in [2.45, 2.75) is 37.8 Å². The Morgan fingerprint density at radius 3 is 2.88 bits per heavy atom. The number of nitrogens with zero attached hydrogens (tertiary/aromatic N) is 1. The highest BCUT2D eigenvalue weighted by Gasteiger charge is 2.35. The molecule has 0 aromatic heterocycles. The fourth-order valence-electron chi connectivity index (χ4n) is 1.98. The van der Waals surface area contributed by atoms with Crippen LogP contribution in [0.5, 0.6) is 0 Å². The molecule has 1 aliphatic heterocycles. The maximum atomic E-state index is 11.9. The molecule has 1 saturated heterocycles. The van der Waals surface area contributed by atoms with Crippen molar-refractivity contribution in [3.63, 3.8) is 0 Å². The van der Waals surface area contributed by atoms with Crippen molar-refractivity contribution in [3.8, 4) is 0 Å². The van der Waals surface area contributed by atoms with Gasteiger partial charge in [0, 0.05) is 19.1 Å². The van der Waals surface area contributed by atoms with Gasteiger partial charge in [-0.05, 0) is 19.3 Å². The average Bonchev–Trinajstić information content (AvgIpc) is 3.03. The number of hydrogen-bond acceptors (Lipinski definition) is 4. The normalized spacial score (nSPS) is 24.9. The predicted octanol–water partition coefficient (Wildman–Crippen LogP) is -0.0976. The third-order valence-electron chi connectivity index (χ3n) is 3.13. The van der Waals surface area contributed by atoms with Crippen LogP contribution in [0, 0.1) is 0 Å². The van der Waals surface area contributed by atoms with Gasteiger partial charge in [0.25, 0.3) is 0 Å². The third kappa shape index (κ3) is 2.72. The smallest absolute Gasteiger partial charge is 0.307 e. The zero-order valence-corrected chi connectivity index (χ0v) is 9.57. The molecule has 2 fully saturated rings. The van der Waals surface area contributed by atoms with E-state index in [4.69, 9.17) is 0 Å². The number of rotatable bonds is 5. The molecule has 5 nitrogen and oxygen atoms in total. The SMILES string of the molecule is COC(=O)CCN1CCC(NC2CC2)C1=O. The number of ether oxygens (including phenoxy) is 1. The highest BCUT2D eigenvalue weighted by molar-refractivity contribution is 5.84. The van der Waals surface area contributed by atoms with Gasteiger partial charge in [0.2, 0.25) is 5.91 Å². The molecule has 0 aromatic rings. The Kier molecular flexibility index (Phi) is 3.43. The van der Waals surface area contributed by atoms with E-state index in [0.717, 1.165) is 13.0 Å². The average molecular weight is 226 g/mol. The third-order valence-corrected chi connectivity index (χ3v) is 3.13. The van der Waals surface area contributed by atoms with Crippen LogP contribution in [-0.4, -0.2) is 49.1 Å². The molecule has 1 atom stereocenters. The van der Waals surface area contributed by atoms with Gasteiger partial charge in [0.1, 0.15) is 0 Å². The van der Waals surface area contributed by atoms with Crippen LogP contribution in [0.1, 0.15) is 25.7 Å². The summed E-state index contributed by atoms with van der Waals surface area (Å²) in [5.41, 5.74) is 0. The Hall–Kier alpha value is -1.10. The predicted molar refractivity (Wildman–Crippen MR) is 57.8 cm³/mol. The Balaban J connectivity index is 1.74. The van der Waals surface area contributed by atoms with Crippen LogP contribution in [0.15, 0.2) is 0 Å². The van der Waals surface area contributed by atoms with Crippen molar-refractivity contribution < 1.29 is 14.3 Å². The largest absolute Gasteiger partial charge is 0.469 e. The fourth-order valence-corrected chi connectivity index (χ4v) is 1.98. The number of nitrogens with one attached hydrogen (secondary N) is 1. The molecular weight excluding hydrogens is 208 g/mol. The number of esters is 1. The summed E-state index contributed by atoms with van der Waals surface area (Å²) in [6.45, 7) is 1.23. The molecule has 0 radical (unpaired) electrons. The van der Waals surface area contributed by atoms with Gasteiger partial charge in [-0.25, -0.2) is 0 Å². The van der Waals surface area contributed by atoms with E-state index in [9.17, 15) is 9.59 Å². The first-order valence-corrected chi connectivity index (χ1v) is 5.82. The lowest BCUT2D eigenvalue weighted by molar-refractivity contribution is -0.141. The summed E-state index contributed by atoms with van der Waals surface area (Å²) in [5, 5.41) is 3.33. The van der Waals surface area contributed by atoms with Crippen LogP contribution in [0.25, 0.3) is 0 Å². The fraction of sp³-hybridized carbons (Fsp3) is 0.818. The van der Waals surface area contributed by atoms with Gasteiger partial charge in [-0.2, -0.15) is 0 Å². The molecule has 1 N–H and O–H groups in total. The summed E-state index contributed by atoms with van der Waals surface area (Å²) in [6.07, 6.45) is 3.52. The molecule has 90 valence electrons. The van der Waals surface area contributed by atoms with E-state index in [0.29, 0.717) is 19.0 Å². The van der Waals surface area contributed by atoms with Crippen molar-refractivity contribution in [2.75, 3.05) is 20.2 Å². The van der Waals surface area contributed by atoms with Crippen LogP contribution in [0.3, 0.4) is 0 Å². The van der Waals surface area contributed by atoms with Crippen molar-refractivity contribution in [1.29, 1.82) is 0 Å². The van der Waals surface area contributed by atoms with Crippen LogP contribution in [0.4, 0.5) is 0 Å². The van der Waals surface area contributed by atoms with Crippen molar-refractivity contribution >= 4 is 11.9 Å². The van der Waals surface area contributed by atoms with E-state index >= 15 is 0 Å². The van der Waals surface area contributed by atoms with E-state index < -0.39 is 0 Å². The first kappa shape index (κ1) is 11.4. The molecule has 0 bridgehead atoms. The van der Waals surface area contributed by atoms with Crippen LogP contribution in [0.2, 0.25) is 0 Å². The van der Waals surface area contributed by atoms with Gasteiger partial charge in [0.05, 0.1) is 19.6 Å². The number of carbonyl (C=O) groups is 2. The van der Waals surface area contributed by atoms with Crippen molar-refractivity contribution in [1.82, 2.24) is 10.2 Å². The van der Waals surface area contributed by atoms with E-state index in [-0.39, 0.29) is 17.9 Å². The summed E-state index contributed by atoms with van der Waals surface area (Å²) < 4.78 is 4.55. The summed E-state index contributed by atoms with van der Waals surface area (Å²) >= 11 is 0. The number of amides is 1. The number of likely N-dealkylation sites (tertiary alicyclic amines) is 1. The Labute approximate surface area is 95.1 Å². The molecule has 2 aliphatic rings. The summed E-state index contributed by atoms with van der Waals surface area (Å²) in [7, 11) is 1.37. The van der Waals surface area contributed by atoms with Gasteiger partial charge in [-0.3, -0.25) is 9.59 Å². The summed E-state index contributed by atoms with van der Waals surface area (Å²) in [6, 6.07) is 0.527. The van der Waals surface area contributed by atoms with E-state index in [1.54, 1.807) is 4.90 Å². The molecular formula is C11H18N2O3. The van der Waals surface area contributed by atoms with Crippen molar-refractivity contribution in [3.05, 3.63) is 0 Å². The first-order chi connectivity index (χ1) is 7.70. The van der Waals surface area contributed by atoms with Gasteiger partial charge in [0.15, 0.2) is 0 Å². The zero-order valence-electron chi connectivity index (χ0n) is 9.57. The molecule has 1 aliphatic carbocycles. The zero-order chi connectivity index (χ0) is 11.5. The molecule has 1 heterocycles. The van der Waals surface area contributed by atoms with Crippen LogP contribution >= 0.6 is 0 Å². The molecule has 0 aromatic carbocycles. The standard InChI is InChI=1S/C11H18N2O3/c1-16-10(14)5-7-13-6-4-9(11(13)15)12-8-2-3-8/h8-9,12H,2-7H2,1H3. The molecule has 1 saturated carbocycles. The van der Waals surface area contributed by atoms with Gasteiger partial charge in [-0.1, -0.05) is 0 Å². The lowest BCUT2D eigenvalue weighted by Crippen LogP contribution is -2.39. The molecule has 1 amide bonds. The highest BCUT2D eigenvalue weighted by Crippen LogP contribution is 2.22.